The van der Waals surface area contributed by atoms with Gasteiger partial charge in [-0.15, -0.1) is 22.0 Å². The minimum atomic E-state index is -0.667. The minimum Gasteiger partial charge on any atom is -0.447 e. The molecule has 6 nitrogen and oxygen atoms in total. The van der Waals surface area contributed by atoms with E-state index in [1.165, 1.54) is 0 Å². The lowest BCUT2D eigenvalue weighted by Crippen LogP contribution is -2.36. The molecule has 0 radical (unpaired) electrons. The van der Waals surface area contributed by atoms with Crippen LogP contribution < -0.4 is 9.64 Å². The van der Waals surface area contributed by atoms with E-state index >= 15 is 0 Å². The van der Waals surface area contributed by atoms with E-state index in [4.69, 9.17) is 9.72 Å². The van der Waals surface area contributed by atoms with Crippen LogP contribution in [0.15, 0.2) is 46.5 Å². The van der Waals surface area contributed by atoms with Gasteiger partial charge in [-0.1, -0.05) is 49.4 Å². The fraction of sp³-hybridized carbons (Fsp3) is 0.360. The van der Waals surface area contributed by atoms with Crippen molar-refractivity contribution < 1.29 is 9.53 Å². The molecule has 0 saturated carbocycles. The standard InChI is InChI=1S/C25H28N4O2S2/c1-14(2)13-33-25-26-23-21(27-28-25)20-12-15(3)11-16(4)22(20)29(17(5)30)24(31-23)18-7-9-19(32-6)10-8-18/h7-12,14,24H,13H2,1-6H3. The number of anilines is 1. The molecule has 0 fully saturated rings. The second-order valence-electron chi connectivity index (χ2n) is 8.56. The molecular formula is C25H28N4O2S2. The van der Waals surface area contributed by atoms with Crippen molar-refractivity contribution in [3.05, 3.63) is 53.1 Å². The molecule has 1 amide bonds. The molecular weight excluding hydrogens is 452 g/mol. The zero-order valence-electron chi connectivity index (χ0n) is 19.7. The van der Waals surface area contributed by atoms with Crippen LogP contribution in [0, 0.1) is 19.8 Å². The summed E-state index contributed by atoms with van der Waals surface area (Å²) >= 11 is 3.23. The van der Waals surface area contributed by atoms with E-state index < -0.39 is 6.23 Å². The van der Waals surface area contributed by atoms with Crippen molar-refractivity contribution in [3.63, 3.8) is 0 Å². The average molecular weight is 481 g/mol. The van der Waals surface area contributed by atoms with Gasteiger partial charge in [0.25, 0.3) is 0 Å². The predicted molar refractivity (Wildman–Crippen MR) is 135 cm³/mol. The maximum Gasteiger partial charge on any atom is 0.247 e. The maximum absolute atomic E-state index is 13.0. The smallest absolute Gasteiger partial charge is 0.247 e. The number of hydrogen-bond donors (Lipinski definition) is 0. The van der Waals surface area contributed by atoms with Crippen LogP contribution >= 0.6 is 23.5 Å². The molecule has 2 heterocycles. The fourth-order valence-corrected chi connectivity index (χ4v) is 5.03. The van der Waals surface area contributed by atoms with Crippen LogP contribution in [0.4, 0.5) is 5.69 Å². The number of aromatic nitrogens is 3. The van der Waals surface area contributed by atoms with E-state index in [1.807, 2.05) is 50.4 Å². The highest BCUT2D eigenvalue weighted by molar-refractivity contribution is 7.99. The predicted octanol–water partition coefficient (Wildman–Crippen LogP) is 6.07. The van der Waals surface area contributed by atoms with Gasteiger partial charge in [0.15, 0.2) is 5.69 Å². The molecule has 33 heavy (non-hydrogen) atoms. The summed E-state index contributed by atoms with van der Waals surface area (Å²) < 4.78 is 6.49. The van der Waals surface area contributed by atoms with Crippen molar-refractivity contribution in [2.45, 2.75) is 50.9 Å². The van der Waals surface area contributed by atoms with E-state index in [9.17, 15) is 4.79 Å². The Kier molecular flexibility index (Phi) is 6.95. The summed E-state index contributed by atoms with van der Waals surface area (Å²) in [5.74, 6) is 1.66. The molecule has 1 aromatic heterocycles. The number of ether oxygens (including phenoxy) is 1. The van der Waals surface area contributed by atoms with E-state index in [0.717, 1.165) is 38.6 Å². The average Bonchev–Trinajstić information content (AvgIpc) is 2.92. The second-order valence-corrected chi connectivity index (χ2v) is 10.4. The van der Waals surface area contributed by atoms with Gasteiger partial charge >= 0.3 is 0 Å². The normalized spacial score (nSPS) is 15.0. The first-order chi connectivity index (χ1) is 15.8. The molecule has 0 aliphatic carbocycles. The molecule has 172 valence electrons. The Bertz CT molecular complexity index is 1180. The van der Waals surface area contributed by atoms with Gasteiger partial charge in [-0.25, -0.2) is 0 Å². The van der Waals surface area contributed by atoms with Crippen LogP contribution in [0.5, 0.6) is 5.88 Å². The van der Waals surface area contributed by atoms with Crippen LogP contribution in [0.3, 0.4) is 0 Å². The molecule has 1 aliphatic rings. The van der Waals surface area contributed by atoms with Gasteiger partial charge < -0.3 is 4.74 Å². The Morgan fingerprint density at radius 3 is 2.52 bits per heavy atom. The Balaban J connectivity index is 1.92. The SMILES string of the molecule is CSc1ccc(C2Oc3nc(SCC(C)C)nnc3-c3cc(C)cc(C)c3N2C(C)=O)cc1. The van der Waals surface area contributed by atoms with Crippen molar-refractivity contribution in [1.29, 1.82) is 0 Å². The number of benzene rings is 2. The van der Waals surface area contributed by atoms with Crippen molar-refractivity contribution in [3.8, 4) is 17.1 Å². The summed E-state index contributed by atoms with van der Waals surface area (Å²) in [6.07, 6.45) is 1.37. The second kappa shape index (κ2) is 9.73. The molecule has 1 unspecified atom stereocenters. The lowest BCUT2D eigenvalue weighted by Gasteiger charge is -2.31. The summed E-state index contributed by atoms with van der Waals surface area (Å²) in [6.45, 7) is 9.91. The van der Waals surface area contributed by atoms with Gasteiger partial charge in [-0.2, -0.15) is 4.98 Å². The highest BCUT2D eigenvalue weighted by Gasteiger charge is 2.35. The molecule has 0 bridgehead atoms. The number of amides is 1. The van der Waals surface area contributed by atoms with Crippen LogP contribution in [-0.4, -0.2) is 33.1 Å². The Labute approximate surface area is 203 Å². The third-order valence-corrected chi connectivity index (χ3v) is 7.33. The number of carbonyl (C=O) groups excluding carboxylic acids is 1. The van der Waals surface area contributed by atoms with Crippen LogP contribution in [0.1, 0.15) is 43.7 Å². The lowest BCUT2D eigenvalue weighted by atomic mass is 10.00. The van der Waals surface area contributed by atoms with Crippen molar-refractivity contribution >= 4 is 35.1 Å². The minimum absolute atomic E-state index is 0.114. The molecule has 1 aliphatic heterocycles. The zero-order chi connectivity index (χ0) is 23.7. The first-order valence-electron chi connectivity index (χ1n) is 10.9. The molecule has 1 atom stereocenters. The van der Waals surface area contributed by atoms with E-state index in [-0.39, 0.29) is 5.91 Å². The summed E-state index contributed by atoms with van der Waals surface area (Å²) in [6, 6.07) is 12.2. The summed E-state index contributed by atoms with van der Waals surface area (Å²) in [5.41, 5.74) is 5.06. The van der Waals surface area contributed by atoms with Crippen molar-refractivity contribution in [2.24, 2.45) is 5.92 Å². The number of hydrogen-bond acceptors (Lipinski definition) is 7. The Morgan fingerprint density at radius 1 is 1.15 bits per heavy atom. The topological polar surface area (TPSA) is 68.2 Å². The summed E-state index contributed by atoms with van der Waals surface area (Å²) in [5, 5.41) is 9.47. The van der Waals surface area contributed by atoms with Gasteiger partial charge in [0.2, 0.25) is 23.2 Å². The number of carbonyl (C=O) groups is 1. The van der Waals surface area contributed by atoms with Crippen molar-refractivity contribution in [1.82, 2.24) is 15.2 Å². The Hall–Kier alpha value is -2.58. The summed E-state index contributed by atoms with van der Waals surface area (Å²) in [7, 11) is 0. The lowest BCUT2D eigenvalue weighted by molar-refractivity contribution is -0.118. The zero-order valence-corrected chi connectivity index (χ0v) is 21.4. The highest BCUT2D eigenvalue weighted by atomic mass is 32.2. The molecule has 4 rings (SSSR count). The van der Waals surface area contributed by atoms with E-state index in [1.54, 1.807) is 35.3 Å². The monoisotopic (exact) mass is 480 g/mol. The Morgan fingerprint density at radius 2 is 1.88 bits per heavy atom. The molecule has 0 spiro atoms. The first kappa shape index (κ1) is 23.6. The van der Waals surface area contributed by atoms with Gasteiger partial charge in [-0.3, -0.25) is 9.69 Å². The van der Waals surface area contributed by atoms with Crippen LogP contribution in [0.25, 0.3) is 11.3 Å². The highest BCUT2D eigenvalue weighted by Crippen LogP contribution is 2.45. The van der Waals surface area contributed by atoms with E-state index in [0.29, 0.717) is 22.6 Å². The van der Waals surface area contributed by atoms with Gasteiger partial charge in [0.1, 0.15) is 0 Å². The van der Waals surface area contributed by atoms with Crippen LogP contribution in [0.2, 0.25) is 0 Å². The maximum atomic E-state index is 13.0. The van der Waals surface area contributed by atoms with Gasteiger partial charge in [0, 0.05) is 28.7 Å². The number of fused-ring (bicyclic) bond motifs is 3. The van der Waals surface area contributed by atoms with Gasteiger partial charge in [-0.05, 0) is 49.8 Å². The fourth-order valence-electron chi connectivity index (χ4n) is 3.90. The largest absolute Gasteiger partial charge is 0.447 e. The van der Waals surface area contributed by atoms with Gasteiger partial charge in [0.05, 0.1) is 5.69 Å². The van der Waals surface area contributed by atoms with Crippen molar-refractivity contribution in [2.75, 3.05) is 16.9 Å². The molecule has 3 aromatic rings. The molecule has 8 heteroatoms. The summed E-state index contributed by atoms with van der Waals surface area (Å²) in [4.78, 5) is 20.6. The quantitative estimate of drug-likeness (QED) is 0.411. The molecule has 0 N–H and O–H groups in total. The number of aryl methyl sites for hydroxylation is 2. The molecule has 0 saturated heterocycles. The molecule has 2 aromatic carbocycles. The van der Waals surface area contributed by atoms with E-state index in [2.05, 4.69) is 30.1 Å². The number of rotatable bonds is 5. The number of nitrogens with zero attached hydrogens (tertiary/aromatic N) is 4. The van der Waals surface area contributed by atoms with Crippen LogP contribution in [-0.2, 0) is 4.79 Å². The first-order valence-corrected chi connectivity index (χ1v) is 13.1. The third kappa shape index (κ3) is 4.87. The third-order valence-electron chi connectivity index (χ3n) is 5.32. The number of thioether (sulfide) groups is 2.